The molecular formula is C10H14ClFO2S. The largest absolute Gasteiger partial charge is 0.224 e. The van der Waals surface area contributed by atoms with Gasteiger partial charge in [-0.1, -0.05) is 25.4 Å². The summed E-state index contributed by atoms with van der Waals surface area (Å²) in [5.74, 6) is -0.565. The highest BCUT2D eigenvalue weighted by Crippen LogP contribution is 2.24. The highest BCUT2D eigenvalue weighted by atomic mass is 35.5. The minimum absolute atomic E-state index is 0.0569. The molecular weight excluding hydrogens is 239 g/mol. The summed E-state index contributed by atoms with van der Waals surface area (Å²) in [5, 5.41) is 0.0569. The molecule has 0 aliphatic heterocycles. The zero-order valence-corrected chi connectivity index (χ0v) is 10.7. The summed E-state index contributed by atoms with van der Waals surface area (Å²) in [6, 6.07) is 2.24. The van der Waals surface area contributed by atoms with E-state index in [9.17, 15) is 12.8 Å². The van der Waals surface area contributed by atoms with Crippen molar-refractivity contribution < 1.29 is 12.8 Å². The van der Waals surface area contributed by atoms with E-state index in [2.05, 4.69) is 0 Å². The van der Waals surface area contributed by atoms with Crippen molar-refractivity contribution in [1.82, 2.24) is 0 Å². The zero-order chi connectivity index (χ0) is 12.2. The van der Waals surface area contributed by atoms with Gasteiger partial charge in [0.25, 0.3) is 0 Å². The van der Waals surface area contributed by atoms with Crippen molar-refractivity contribution in [1.29, 1.82) is 0 Å². The molecule has 0 aliphatic carbocycles. The lowest BCUT2D eigenvalue weighted by atomic mass is 10.2. The number of hydrogen-bond donors (Lipinski definition) is 0. The average Bonchev–Trinajstić information content (AvgIpc) is 2.13. The van der Waals surface area contributed by atoms with Crippen LogP contribution in [-0.4, -0.2) is 14.7 Å². The molecule has 15 heavy (non-hydrogen) atoms. The van der Waals surface area contributed by atoms with Crippen LogP contribution in [0.3, 0.4) is 0 Å². The molecule has 0 aromatic heterocycles. The fourth-order valence-corrected chi connectivity index (χ4v) is 2.28. The average molecular weight is 253 g/mol. The van der Waals surface area contributed by atoms with E-state index < -0.39 is 15.7 Å². The molecule has 0 unspecified atom stereocenters. The molecule has 1 rings (SSSR count). The minimum Gasteiger partial charge on any atom is -0.224 e. The number of sulfone groups is 1. The number of rotatable bonds is 1. The molecule has 2 nitrogen and oxygen atoms in total. The Morgan fingerprint density at radius 1 is 1.27 bits per heavy atom. The van der Waals surface area contributed by atoms with Crippen LogP contribution in [0, 0.1) is 12.7 Å². The third-order valence-electron chi connectivity index (χ3n) is 1.61. The van der Waals surface area contributed by atoms with E-state index in [-0.39, 0.29) is 9.92 Å². The summed E-state index contributed by atoms with van der Waals surface area (Å²) in [5.41, 5.74) is 0.331. The molecule has 1 aromatic rings. The lowest BCUT2D eigenvalue weighted by Crippen LogP contribution is -1.99. The summed E-state index contributed by atoms with van der Waals surface area (Å²) < 4.78 is 35.1. The highest BCUT2D eigenvalue weighted by molar-refractivity contribution is 7.90. The zero-order valence-electron chi connectivity index (χ0n) is 9.14. The van der Waals surface area contributed by atoms with Crippen molar-refractivity contribution in [3.8, 4) is 0 Å². The van der Waals surface area contributed by atoms with Crippen LogP contribution in [0.2, 0.25) is 5.02 Å². The first-order valence-corrected chi connectivity index (χ1v) is 6.75. The van der Waals surface area contributed by atoms with Gasteiger partial charge in [0.05, 0.1) is 9.92 Å². The van der Waals surface area contributed by atoms with Crippen molar-refractivity contribution in [2.75, 3.05) is 6.26 Å². The quantitative estimate of drug-likeness (QED) is 0.769. The van der Waals surface area contributed by atoms with Gasteiger partial charge in [0.15, 0.2) is 9.84 Å². The number of benzene rings is 1. The molecule has 1 aromatic carbocycles. The van der Waals surface area contributed by atoms with Crippen LogP contribution in [0.15, 0.2) is 17.0 Å². The van der Waals surface area contributed by atoms with Crippen LogP contribution >= 0.6 is 11.6 Å². The third kappa shape index (κ3) is 3.80. The maximum Gasteiger partial charge on any atom is 0.177 e. The maximum atomic E-state index is 13.0. The lowest BCUT2D eigenvalue weighted by molar-refractivity contribution is 0.593. The van der Waals surface area contributed by atoms with Crippen LogP contribution < -0.4 is 0 Å². The fraction of sp³-hybridized carbons (Fsp3) is 0.400. The van der Waals surface area contributed by atoms with Gasteiger partial charge in [-0.15, -0.1) is 0 Å². The van der Waals surface area contributed by atoms with Crippen LogP contribution in [0.25, 0.3) is 0 Å². The molecule has 0 atom stereocenters. The normalized spacial score (nSPS) is 10.5. The number of hydrogen-bond acceptors (Lipinski definition) is 2. The monoisotopic (exact) mass is 252 g/mol. The molecule has 0 heterocycles. The second-order valence-electron chi connectivity index (χ2n) is 2.80. The summed E-state index contributed by atoms with van der Waals surface area (Å²) in [6.07, 6.45) is 0.989. The summed E-state index contributed by atoms with van der Waals surface area (Å²) in [7, 11) is -3.44. The first-order valence-electron chi connectivity index (χ1n) is 4.48. The van der Waals surface area contributed by atoms with Crippen LogP contribution in [0.5, 0.6) is 0 Å². The smallest absolute Gasteiger partial charge is 0.177 e. The van der Waals surface area contributed by atoms with Gasteiger partial charge in [-0.2, -0.15) is 0 Å². The molecule has 0 saturated heterocycles. The van der Waals surface area contributed by atoms with Crippen molar-refractivity contribution in [3.63, 3.8) is 0 Å². The molecule has 0 saturated carbocycles. The molecule has 0 N–H and O–H groups in total. The number of aryl methyl sites for hydroxylation is 1. The van der Waals surface area contributed by atoms with Crippen molar-refractivity contribution in [2.45, 2.75) is 25.7 Å². The van der Waals surface area contributed by atoms with Gasteiger partial charge in [0.1, 0.15) is 5.82 Å². The van der Waals surface area contributed by atoms with Crippen molar-refractivity contribution >= 4 is 21.4 Å². The van der Waals surface area contributed by atoms with Gasteiger partial charge < -0.3 is 0 Å². The predicted octanol–water partition coefficient (Wildman–Crippen LogP) is 3.22. The molecule has 86 valence electrons. The van der Waals surface area contributed by atoms with Crippen LogP contribution in [0.4, 0.5) is 4.39 Å². The molecule has 0 bridgehead atoms. The topological polar surface area (TPSA) is 34.1 Å². The van der Waals surface area contributed by atoms with Crippen molar-refractivity contribution in [2.24, 2.45) is 0 Å². The Morgan fingerprint density at radius 2 is 1.73 bits per heavy atom. The van der Waals surface area contributed by atoms with Crippen LogP contribution in [0.1, 0.15) is 19.4 Å². The summed E-state index contributed by atoms with van der Waals surface area (Å²) in [4.78, 5) is -0.169. The first kappa shape index (κ1) is 14.4. The third-order valence-corrected chi connectivity index (χ3v) is 3.17. The van der Waals surface area contributed by atoms with Gasteiger partial charge in [-0.25, -0.2) is 12.8 Å². The van der Waals surface area contributed by atoms with E-state index in [1.165, 1.54) is 13.0 Å². The van der Waals surface area contributed by atoms with E-state index in [0.717, 1.165) is 12.3 Å². The van der Waals surface area contributed by atoms with E-state index in [1.54, 1.807) is 0 Å². The maximum absolute atomic E-state index is 13.0. The summed E-state index contributed by atoms with van der Waals surface area (Å²) in [6.45, 7) is 5.52. The van der Waals surface area contributed by atoms with Gasteiger partial charge in [0.2, 0.25) is 0 Å². The van der Waals surface area contributed by atoms with Gasteiger partial charge >= 0.3 is 0 Å². The van der Waals surface area contributed by atoms with Crippen molar-refractivity contribution in [3.05, 3.63) is 28.5 Å². The standard InChI is InChI=1S/C8H8ClFO2S.C2H6/c1-5-3-6(9)8(4-7(5)10)13(2,11)12;1-2/h3-4H,1-2H3;1-2H3. The Bertz CT molecular complexity index is 441. The molecule has 0 aliphatic rings. The highest BCUT2D eigenvalue weighted by Gasteiger charge is 2.14. The van der Waals surface area contributed by atoms with E-state index >= 15 is 0 Å². The van der Waals surface area contributed by atoms with E-state index in [4.69, 9.17) is 11.6 Å². The Kier molecular flexibility index (Phi) is 5.24. The Balaban J connectivity index is 0.000000921. The van der Waals surface area contributed by atoms with Gasteiger partial charge in [-0.05, 0) is 24.6 Å². The first-order chi connectivity index (χ1) is 6.82. The van der Waals surface area contributed by atoms with Crippen LogP contribution in [-0.2, 0) is 9.84 Å². The second kappa shape index (κ2) is 5.47. The molecule has 0 amide bonds. The lowest BCUT2D eigenvalue weighted by Gasteiger charge is -2.03. The van der Waals surface area contributed by atoms with Gasteiger partial charge in [-0.3, -0.25) is 0 Å². The minimum atomic E-state index is -3.44. The molecule has 0 spiro atoms. The Hall–Kier alpha value is -0.610. The fourth-order valence-electron chi connectivity index (χ4n) is 0.912. The Labute approximate surface area is 95.0 Å². The SMILES string of the molecule is CC.Cc1cc(Cl)c(S(C)(=O)=O)cc1F. The Morgan fingerprint density at radius 3 is 2.13 bits per heavy atom. The van der Waals surface area contributed by atoms with E-state index in [1.807, 2.05) is 13.8 Å². The predicted molar refractivity (Wildman–Crippen MR) is 60.6 cm³/mol. The molecule has 0 fully saturated rings. The number of halogens is 2. The second-order valence-corrected chi connectivity index (χ2v) is 5.20. The molecule has 5 heteroatoms. The van der Waals surface area contributed by atoms with Gasteiger partial charge in [0, 0.05) is 6.26 Å². The molecule has 0 radical (unpaired) electrons. The summed E-state index contributed by atoms with van der Waals surface area (Å²) >= 11 is 5.64. The van der Waals surface area contributed by atoms with E-state index in [0.29, 0.717) is 5.56 Å².